The first-order chi connectivity index (χ1) is 9.75. The monoisotopic (exact) mass is 288 g/mol. The van der Waals surface area contributed by atoms with E-state index in [2.05, 4.69) is 27.8 Å². The summed E-state index contributed by atoms with van der Waals surface area (Å²) in [5.41, 5.74) is 1.73. The second-order valence-corrected chi connectivity index (χ2v) is 6.40. The van der Waals surface area contributed by atoms with E-state index in [1.54, 1.807) is 11.3 Å². The fourth-order valence-electron chi connectivity index (χ4n) is 2.73. The van der Waals surface area contributed by atoms with E-state index in [0.717, 1.165) is 48.5 Å². The van der Waals surface area contributed by atoms with Crippen molar-refractivity contribution in [1.82, 2.24) is 10.3 Å². The van der Waals surface area contributed by atoms with E-state index >= 15 is 0 Å². The normalized spacial score (nSPS) is 17.4. The highest BCUT2D eigenvalue weighted by molar-refractivity contribution is 7.13. The molecular weight excluding hydrogens is 268 g/mol. The number of thiazole rings is 1. The topological polar surface area (TPSA) is 45.1 Å². The molecule has 0 unspecified atom stereocenters. The van der Waals surface area contributed by atoms with Crippen LogP contribution in [0.25, 0.3) is 10.6 Å². The summed E-state index contributed by atoms with van der Waals surface area (Å²) in [6.45, 7) is 1.40. The van der Waals surface area contributed by atoms with Crippen LogP contribution >= 0.6 is 11.3 Å². The van der Waals surface area contributed by atoms with Crippen molar-refractivity contribution in [2.24, 2.45) is 0 Å². The van der Waals surface area contributed by atoms with Crippen LogP contribution in [0.3, 0.4) is 0 Å². The molecule has 1 aromatic heterocycles. The maximum absolute atomic E-state index is 10.3. The first kappa shape index (κ1) is 13.7. The van der Waals surface area contributed by atoms with Gasteiger partial charge < -0.3 is 10.4 Å². The van der Waals surface area contributed by atoms with Crippen molar-refractivity contribution in [3.8, 4) is 10.6 Å². The third-order valence-corrected chi connectivity index (χ3v) is 4.81. The van der Waals surface area contributed by atoms with E-state index in [1.807, 2.05) is 18.2 Å². The molecule has 2 N–H and O–H groups in total. The molecule has 1 fully saturated rings. The van der Waals surface area contributed by atoms with Gasteiger partial charge in [0.1, 0.15) is 5.01 Å². The number of hydrogen-bond acceptors (Lipinski definition) is 4. The van der Waals surface area contributed by atoms with E-state index < -0.39 is 5.60 Å². The Morgan fingerprint density at radius 2 is 1.95 bits per heavy atom. The molecule has 106 valence electrons. The van der Waals surface area contributed by atoms with Gasteiger partial charge in [-0.25, -0.2) is 4.98 Å². The summed E-state index contributed by atoms with van der Waals surface area (Å²) in [5.74, 6) is 0. The van der Waals surface area contributed by atoms with Crippen LogP contribution in [-0.4, -0.2) is 22.2 Å². The Hall–Kier alpha value is -1.23. The van der Waals surface area contributed by atoms with Crippen LogP contribution in [0.5, 0.6) is 0 Å². The Labute approximate surface area is 123 Å². The highest BCUT2D eigenvalue weighted by atomic mass is 32.1. The van der Waals surface area contributed by atoms with E-state index in [-0.39, 0.29) is 0 Å². The van der Waals surface area contributed by atoms with E-state index in [9.17, 15) is 5.11 Å². The van der Waals surface area contributed by atoms with Crippen molar-refractivity contribution in [3.63, 3.8) is 0 Å². The summed E-state index contributed by atoms with van der Waals surface area (Å²) in [6.07, 6.45) is 4.14. The number of hydrogen-bond donors (Lipinski definition) is 2. The summed E-state index contributed by atoms with van der Waals surface area (Å²) < 4.78 is 0. The largest absolute Gasteiger partial charge is 0.389 e. The molecule has 0 amide bonds. The molecule has 1 aliphatic carbocycles. The lowest BCUT2D eigenvalue weighted by Crippen LogP contribution is -2.37. The number of nitrogens with one attached hydrogen (secondary N) is 1. The molecule has 0 bridgehead atoms. The molecule has 2 aromatic rings. The smallest absolute Gasteiger partial charge is 0.123 e. The molecule has 1 heterocycles. The Balaban J connectivity index is 1.55. The van der Waals surface area contributed by atoms with E-state index in [1.165, 1.54) is 0 Å². The van der Waals surface area contributed by atoms with Crippen molar-refractivity contribution in [2.45, 2.75) is 37.8 Å². The van der Waals surface area contributed by atoms with Gasteiger partial charge in [-0.1, -0.05) is 43.2 Å². The molecule has 1 aliphatic rings. The van der Waals surface area contributed by atoms with Crippen LogP contribution in [0, 0.1) is 0 Å². The molecule has 3 nitrogen and oxygen atoms in total. The highest BCUT2D eigenvalue weighted by Crippen LogP contribution is 2.28. The van der Waals surface area contributed by atoms with Gasteiger partial charge in [0.2, 0.25) is 0 Å². The van der Waals surface area contributed by atoms with Crippen molar-refractivity contribution in [2.75, 3.05) is 6.54 Å². The minimum Gasteiger partial charge on any atom is -0.389 e. The summed E-state index contributed by atoms with van der Waals surface area (Å²) in [5, 5.41) is 16.8. The molecule has 20 heavy (non-hydrogen) atoms. The average molecular weight is 288 g/mol. The van der Waals surface area contributed by atoms with Crippen molar-refractivity contribution in [1.29, 1.82) is 0 Å². The first-order valence-corrected chi connectivity index (χ1v) is 8.06. The van der Waals surface area contributed by atoms with Crippen LogP contribution in [0.4, 0.5) is 0 Å². The quantitative estimate of drug-likeness (QED) is 0.888. The van der Waals surface area contributed by atoms with Gasteiger partial charge in [0, 0.05) is 24.0 Å². The molecule has 3 rings (SSSR count). The third-order valence-electron chi connectivity index (χ3n) is 3.87. The second kappa shape index (κ2) is 6.04. The van der Waals surface area contributed by atoms with Crippen molar-refractivity contribution < 1.29 is 5.11 Å². The van der Waals surface area contributed by atoms with Crippen LogP contribution < -0.4 is 5.32 Å². The Morgan fingerprint density at radius 3 is 2.70 bits per heavy atom. The summed E-state index contributed by atoms with van der Waals surface area (Å²) in [7, 11) is 0. The first-order valence-electron chi connectivity index (χ1n) is 7.18. The number of aromatic nitrogens is 1. The predicted octanol–water partition coefficient (Wildman–Crippen LogP) is 3.20. The zero-order valence-electron chi connectivity index (χ0n) is 11.5. The SMILES string of the molecule is OC1(CNCc2csc(-c3ccccc3)n2)CCCC1. The van der Waals surface area contributed by atoms with Crippen molar-refractivity contribution in [3.05, 3.63) is 41.4 Å². The minimum atomic E-state index is -0.488. The Morgan fingerprint density at radius 1 is 1.20 bits per heavy atom. The Bertz CT molecular complexity index is 547. The summed E-state index contributed by atoms with van der Waals surface area (Å²) in [6, 6.07) is 10.2. The van der Waals surface area contributed by atoms with Crippen LogP contribution in [-0.2, 0) is 6.54 Å². The molecule has 0 atom stereocenters. The lowest BCUT2D eigenvalue weighted by Gasteiger charge is -2.22. The van der Waals surface area contributed by atoms with E-state index in [0.29, 0.717) is 6.54 Å². The van der Waals surface area contributed by atoms with Gasteiger partial charge in [0.05, 0.1) is 11.3 Å². The average Bonchev–Trinajstić information content (AvgIpc) is 3.10. The maximum atomic E-state index is 10.3. The van der Waals surface area contributed by atoms with Gasteiger partial charge in [-0.3, -0.25) is 0 Å². The fourth-order valence-corrected chi connectivity index (χ4v) is 3.56. The van der Waals surface area contributed by atoms with Gasteiger partial charge >= 0.3 is 0 Å². The summed E-state index contributed by atoms with van der Waals surface area (Å²) >= 11 is 1.67. The van der Waals surface area contributed by atoms with Gasteiger partial charge in [0.15, 0.2) is 0 Å². The highest BCUT2D eigenvalue weighted by Gasteiger charge is 2.30. The summed E-state index contributed by atoms with van der Waals surface area (Å²) in [4.78, 5) is 4.64. The standard InChI is InChI=1S/C16H20N2OS/c19-16(8-4-5-9-16)12-17-10-14-11-20-15(18-14)13-6-2-1-3-7-13/h1-3,6-7,11,17,19H,4-5,8-10,12H2. The molecule has 0 aliphatic heterocycles. The second-order valence-electron chi connectivity index (χ2n) is 5.55. The molecule has 1 saturated carbocycles. The maximum Gasteiger partial charge on any atom is 0.123 e. The number of benzene rings is 1. The number of rotatable bonds is 5. The minimum absolute atomic E-state index is 0.488. The number of nitrogens with zero attached hydrogens (tertiary/aromatic N) is 1. The molecule has 0 saturated heterocycles. The van der Waals surface area contributed by atoms with Gasteiger partial charge in [-0.15, -0.1) is 11.3 Å². The molecule has 4 heteroatoms. The zero-order chi connectivity index (χ0) is 13.8. The zero-order valence-corrected chi connectivity index (χ0v) is 12.3. The third kappa shape index (κ3) is 3.26. The molecule has 0 spiro atoms. The van der Waals surface area contributed by atoms with Crippen LogP contribution in [0.15, 0.2) is 35.7 Å². The van der Waals surface area contributed by atoms with Gasteiger partial charge in [0.25, 0.3) is 0 Å². The lowest BCUT2D eigenvalue weighted by molar-refractivity contribution is 0.0474. The van der Waals surface area contributed by atoms with Crippen LogP contribution in [0.2, 0.25) is 0 Å². The lowest BCUT2D eigenvalue weighted by atomic mass is 10.0. The Kier molecular flexibility index (Phi) is 4.15. The van der Waals surface area contributed by atoms with Crippen LogP contribution in [0.1, 0.15) is 31.4 Å². The van der Waals surface area contributed by atoms with Gasteiger partial charge in [-0.2, -0.15) is 0 Å². The van der Waals surface area contributed by atoms with E-state index in [4.69, 9.17) is 0 Å². The van der Waals surface area contributed by atoms with Gasteiger partial charge in [-0.05, 0) is 12.8 Å². The fraction of sp³-hybridized carbons (Fsp3) is 0.438. The molecule has 1 aromatic carbocycles. The molecule has 0 radical (unpaired) electrons. The number of aliphatic hydroxyl groups is 1. The van der Waals surface area contributed by atoms with Crippen molar-refractivity contribution >= 4 is 11.3 Å². The molecular formula is C16H20N2OS. The predicted molar refractivity (Wildman–Crippen MR) is 82.7 cm³/mol.